The maximum atomic E-state index is 6.48. The Morgan fingerprint density at radius 2 is 0.929 bits per heavy atom. The SMILES string of the molecule is CCCCCC[PH](Oc1ccccc1)(Oc1ccccc1)Oc1ccccc1. The molecule has 28 heavy (non-hydrogen) atoms. The Kier molecular flexibility index (Phi) is 7.75. The van der Waals surface area contributed by atoms with E-state index in [9.17, 15) is 0 Å². The minimum absolute atomic E-state index is 0.756. The van der Waals surface area contributed by atoms with Crippen molar-refractivity contribution in [1.82, 2.24) is 0 Å². The van der Waals surface area contributed by atoms with Crippen molar-refractivity contribution >= 4 is 7.94 Å². The van der Waals surface area contributed by atoms with Gasteiger partial charge in [-0.3, -0.25) is 0 Å². The monoisotopic (exact) mass is 396 g/mol. The van der Waals surface area contributed by atoms with Gasteiger partial charge in [-0.2, -0.15) is 0 Å². The molecule has 0 saturated heterocycles. The first-order valence-corrected chi connectivity index (χ1v) is 11.9. The number of para-hydroxylation sites is 3. The van der Waals surface area contributed by atoms with E-state index in [1.165, 1.54) is 12.8 Å². The molecule has 0 N–H and O–H groups in total. The quantitative estimate of drug-likeness (QED) is 0.251. The summed E-state index contributed by atoms with van der Waals surface area (Å²) in [5.74, 6) is 2.32. The molecular weight excluding hydrogens is 367 g/mol. The fourth-order valence-corrected chi connectivity index (χ4v) is 5.59. The Morgan fingerprint density at radius 1 is 0.536 bits per heavy atom. The van der Waals surface area contributed by atoms with Gasteiger partial charge in [-0.25, -0.2) is 0 Å². The first-order chi connectivity index (χ1) is 13.8. The molecule has 0 aliphatic rings. The molecule has 148 valence electrons. The molecule has 3 aromatic rings. The molecule has 0 aliphatic carbocycles. The topological polar surface area (TPSA) is 27.7 Å². The molecule has 3 rings (SSSR count). The van der Waals surface area contributed by atoms with E-state index in [2.05, 4.69) is 6.92 Å². The van der Waals surface area contributed by atoms with Gasteiger partial charge in [0.25, 0.3) is 0 Å². The Labute approximate surface area is 168 Å². The summed E-state index contributed by atoms with van der Waals surface area (Å²) in [5.41, 5.74) is 0. The van der Waals surface area contributed by atoms with Crippen molar-refractivity contribution in [2.45, 2.75) is 32.6 Å². The Bertz CT molecular complexity index is 692. The molecule has 0 bridgehead atoms. The molecule has 0 aliphatic heterocycles. The van der Waals surface area contributed by atoms with Gasteiger partial charge >= 0.3 is 169 Å². The average Bonchev–Trinajstić information content (AvgIpc) is 2.73. The predicted octanol–water partition coefficient (Wildman–Crippen LogP) is 7.30. The number of hydrogen-bond acceptors (Lipinski definition) is 3. The molecule has 0 saturated carbocycles. The average molecular weight is 396 g/mol. The van der Waals surface area contributed by atoms with E-state index < -0.39 is 7.94 Å². The molecule has 0 radical (unpaired) electrons. The van der Waals surface area contributed by atoms with E-state index in [1.807, 2.05) is 91.0 Å². The summed E-state index contributed by atoms with van der Waals surface area (Å²) < 4.78 is 19.5. The van der Waals surface area contributed by atoms with Crippen molar-refractivity contribution in [3.05, 3.63) is 91.0 Å². The van der Waals surface area contributed by atoms with Gasteiger partial charge in [-0.1, -0.05) is 0 Å². The van der Waals surface area contributed by atoms with Crippen LogP contribution in [0, 0.1) is 0 Å². The van der Waals surface area contributed by atoms with Crippen LogP contribution in [0.4, 0.5) is 0 Å². The van der Waals surface area contributed by atoms with Gasteiger partial charge in [-0.15, -0.1) is 0 Å². The van der Waals surface area contributed by atoms with E-state index in [0.717, 1.165) is 36.3 Å². The molecule has 3 nitrogen and oxygen atoms in total. The Morgan fingerprint density at radius 3 is 1.29 bits per heavy atom. The molecule has 0 atom stereocenters. The summed E-state index contributed by atoms with van der Waals surface area (Å²) in [6.45, 7) is 2.21. The van der Waals surface area contributed by atoms with Crippen LogP contribution in [0.25, 0.3) is 0 Å². The number of benzene rings is 3. The van der Waals surface area contributed by atoms with Crippen LogP contribution in [0.5, 0.6) is 17.2 Å². The molecule has 0 heterocycles. The second-order valence-electron chi connectivity index (χ2n) is 6.74. The standard InChI is InChI=1S/C24H29O3P/c1-2-3-4-14-21-28(25-22-15-8-5-9-16-22,26-23-17-10-6-11-18-23)27-24-19-12-7-13-20-24/h5-13,15-20,28H,2-4,14,21H2,1H3. The summed E-state index contributed by atoms with van der Waals surface area (Å²) in [5, 5.41) is 0. The summed E-state index contributed by atoms with van der Waals surface area (Å²) >= 11 is 0. The van der Waals surface area contributed by atoms with Crippen LogP contribution in [0.15, 0.2) is 91.0 Å². The van der Waals surface area contributed by atoms with E-state index in [-0.39, 0.29) is 0 Å². The van der Waals surface area contributed by atoms with Crippen molar-refractivity contribution in [1.29, 1.82) is 0 Å². The normalized spacial score (nSPS) is 11.6. The van der Waals surface area contributed by atoms with Crippen LogP contribution < -0.4 is 13.6 Å². The van der Waals surface area contributed by atoms with Gasteiger partial charge in [0.2, 0.25) is 0 Å². The Balaban J connectivity index is 1.90. The molecule has 0 amide bonds. The van der Waals surface area contributed by atoms with Gasteiger partial charge in [0.05, 0.1) is 0 Å². The van der Waals surface area contributed by atoms with Gasteiger partial charge in [-0.05, 0) is 0 Å². The number of hydrogen-bond donors (Lipinski definition) is 0. The van der Waals surface area contributed by atoms with Gasteiger partial charge in [0.1, 0.15) is 0 Å². The van der Waals surface area contributed by atoms with E-state index in [0.29, 0.717) is 0 Å². The molecule has 0 fully saturated rings. The second-order valence-corrected chi connectivity index (χ2v) is 9.22. The zero-order chi connectivity index (χ0) is 19.5. The fourth-order valence-electron chi connectivity index (χ4n) is 2.99. The summed E-state index contributed by atoms with van der Waals surface area (Å²) in [4.78, 5) is 0. The molecule has 0 aromatic heterocycles. The Hall–Kier alpha value is -2.51. The van der Waals surface area contributed by atoms with Crippen molar-refractivity contribution in [3.63, 3.8) is 0 Å². The zero-order valence-electron chi connectivity index (χ0n) is 16.4. The molecule has 0 unspecified atom stereocenters. The van der Waals surface area contributed by atoms with Crippen molar-refractivity contribution in [2.75, 3.05) is 6.16 Å². The third-order valence-electron chi connectivity index (χ3n) is 4.39. The molecule has 0 spiro atoms. The molecule has 4 heteroatoms. The van der Waals surface area contributed by atoms with E-state index >= 15 is 0 Å². The summed E-state index contributed by atoms with van der Waals surface area (Å²) in [7, 11) is -3.07. The van der Waals surface area contributed by atoms with Crippen LogP contribution in [0.1, 0.15) is 32.6 Å². The van der Waals surface area contributed by atoms with Gasteiger partial charge in [0.15, 0.2) is 0 Å². The second kappa shape index (κ2) is 10.7. The maximum absolute atomic E-state index is 6.48. The van der Waals surface area contributed by atoms with Crippen molar-refractivity contribution in [2.24, 2.45) is 0 Å². The third kappa shape index (κ3) is 6.28. The van der Waals surface area contributed by atoms with Gasteiger partial charge < -0.3 is 0 Å². The fraction of sp³-hybridized carbons (Fsp3) is 0.250. The summed E-state index contributed by atoms with van der Waals surface area (Å²) in [6.07, 6.45) is 5.29. The number of rotatable bonds is 11. The van der Waals surface area contributed by atoms with Gasteiger partial charge in [0, 0.05) is 0 Å². The van der Waals surface area contributed by atoms with Crippen LogP contribution in [-0.4, -0.2) is 6.16 Å². The third-order valence-corrected chi connectivity index (χ3v) is 6.99. The molecule has 3 aromatic carbocycles. The van der Waals surface area contributed by atoms with Crippen molar-refractivity contribution < 1.29 is 13.6 Å². The zero-order valence-corrected chi connectivity index (χ0v) is 17.4. The van der Waals surface area contributed by atoms with E-state index in [4.69, 9.17) is 13.6 Å². The minimum atomic E-state index is -3.07. The predicted molar refractivity (Wildman–Crippen MR) is 119 cm³/mol. The molecular formula is C24H29O3P. The number of unbranched alkanes of at least 4 members (excludes halogenated alkanes) is 3. The summed E-state index contributed by atoms with van der Waals surface area (Å²) in [6, 6.07) is 29.5. The first kappa shape index (κ1) is 20.2. The van der Waals surface area contributed by atoms with Crippen molar-refractivity contribution in [3.8, 4) is 17.2 Å². The van der Waals surface area contributed by atoms with Crippen LogP contribution >= 0.6 is 7.94 Å². The van der Waals surface area contributed by atoms with Crippen LogP contribution in [-0.2, 0) is 0 Å². The first-order valence-electron chi connectivity index (χ1n) is 10.0. The van der Waals surface area contributed by atoms with Crippen LogP contribution in [0.2, 0.25) is 0 Å². The van der Waals surface area contributed by atoms with E-state index in [1.54, 1.807) is 0 Å². The van der Waals surface area contributed by atoms with Crippen LogP contribution in [0.3, 0.4) is 0 Å².